The van der Waals surface area contributed by atoms with Gasteiger partial charge in [0, 0.05) is 24.8 Å². The molecule has 0 spiro atoms. The van der Waals surface area contributed by atoms with Crippen molar-refractivity contribution in [3.63, 3.8) is 0 Å². The van der Waals surface area contributed by atoms with Crippen LogP contribution in [0.3, 0.4) is 0 Å². The van der Waals surface area contributed by atoms with Gasteiger partial charge in [0.1, 0.15) is 5.75 Å². The van der Waals surface area contributed by atoms with Gasteiger partial charge in [0.05, 0.1) is 10.6 Å². The van der Waals surface area contributed by atoms with Crippen molar-refractivity contribution in [1.29, 1.82) is 0 Å². The molecule has 2 aromatic rings. The monoisotopic (exact) mass is 315 g/mol. The summed E-state index contributed by atoms with van der Waals surface area (Å²) in [4.78, 5) is -0.0433. The number of ether oxygens (including phenoxy) is 1. The van der Waals surface area contributed by atoms with Gasteiger partial charge in [-0.25, -0.2) is 0 Å². The van der Waals surface area contributed by atoms with Gasteiger partial charge in [0.25, 0.3) is 10.0 Å². The number of hydrogen-bond donors (Lipinski definition) is 1. The number of aromatic nitrogens is 2. The molecule has 21 heavy (non-hydrogen) atoms. The Morgan fingerprint density at radius 1 is 1.24 bits per heavy atom. The van der Waals surface area contributed by atoms with Crippen molar-refractivity contribution < 1.29 is 21.9 Å². The van der Waals surface area contributed by atoms with E-state index in [2.05, 4.69) is 15.2 Å². The van der Waals surface area contributed by atoms with E-state index in [1.54, 1.807) is 0 Å². The lowest BCUT2D eigenvalue weighted by atomic mass is 10.3. The van der Waals surface area contributed by atoms with E-state index in [9.17, 15) is 17.2 Å². The summed E-state index contributed by atoms with van der Waals surface area (Å²) >= 11 is 0. The van der Waals surface area contributed by atoms with Crippen molar-refractivity contribution in [2.45, 2.75) is 24.6 Å². The summed E-state index contributed by atoms with van der Waals surface area (Å²) in [5.74, 6) is -0.101. The molecule has 0 radical (unpaired) electrons. The number of rotatable bonds is 4. The van der Waals surface area contributed by atoms with Crippen LogP contribution in [-0.4, -0.2) is 24.2 Å². The first kappa shape index (κ1) is 14.0. The Balaban J connectivity index is 1.90. The Morgan fingerprint density at radius 2 is 1.95 bits per heavy atom. The van der Waals surface area contributed by atoms with Crippen LogP contribution in [0, 0.1) is 0 Å². The van der Waals surface area contributed by atoms with Crippen LogP contribution in [0.15, 0.2) is 35.4 Å². The summed E-state index contributed by atoms with van der Waals surface area (Å²) in [7, 11) is -3.83. The zero-order valence-electron chi connectivity index (χ0n) is 10.7. The maximum Gasteiger partial charge on any atom is 0.387 e. The van der Waals surface area contributed by atoms with Gasteiger partial charge >= 0.3 is 6.61 Å². The van der Waals surface area contributed by atoms with E-state index >= 15 is 0 Å². The van der Waals surface area contributed by atoms with Gasteiger partial charge in [-0.15, -0.1) is 0 Å². The predicted molar refractivity (Wildman–Crippen MR) is 68.4 cm³/mol. The molecule has 0 saturated carbocycles. The van der Waals surface area contributed by atoms with E-state index in [1.165, 1.54) is 30.5 Å². The maximum atomic E-state index is 12.4. The van der Waals surface area contributed by atoms with Crippen LogP contribution in [0.5, 0.6) is 5.75 Å². The summed E-state index contributed by atoms with van der Waals surface area (Å²) in [5, 5.41) is 7.08. The first-order valence-electron chi connectivity index (χ1n) is 6.05. The van der Waals surface area contributed by atoms with Gasteiger partial charge in [-0.05, 0) is 24.3 Å². The highest BCUT2D eigenvalue weighted by Crippen LogP contribution is 2.21. The Hall–Kier alpha value is -2.00. The quantitative estimate of drug-likeness (QED) is 0.921. The molecule has 0 amide bonds. The molecule has 112 valence electrons. The zero-order chi connectivity index (χ0) is 15.0. The van der Waals surface area contributed by atoms with Gasteiger partial charge in [0.15, 0.2) is 0 Å². The molecule has 3 rings (SSSR count). The highest BCUT2D eigenvalue weighted by atomic mass is 32.2. The summed E-state index contributed by atoms with van der Waals surface area (Å²) in [5.41, 5.74) is 1.52. The van der Waals surface area contributed by atoms with Crippen molar-refractivity contribution >= 4 is 10.0 Å². The first-order valence-corrected chi connectivity index (χ1v) is 7.49. The minimum Gasteiger partial charge on any atom is -0.435 e. The average molecular weight is 315 g/mol. The molecule has 2 heterocycles. The molecule has 0 unspecified atom stereocenters. The van der Waals surface area contributed by atoms with Crippen molar-refractivity contribution in [2.75, 3.05) is 0 Å². The van der Waals surface area contributed by atoms with Crippen LogP contribution in [-0.2, 0) is 23.1 Å². The molecule has 1 aliphatic heterocycles. The SMILES string of the molecule is O=S(=O)(c1ccc(OC(F)F)cc1)n1cc2c(n1)CNC2. The Labute approximate surface area is 119 Å². The molecule has 1 aliphatic rings. The molecule has 0 bridgehead atoms. The molecular weight excluding hydrogens is 304 g/mol. The maximum absolute atomic E-state index is 12.4. The molecule has 6 nitrogen and oxygen atoms in total. The Bertz CT molecular complexity index is 735. The number of halogens is 2. The second kappa shape index (κ2) is 5.08. The molecule has 1 aromatic carbocycles. The topological polar surface area (TPSA) is 73.2 Å². The van der Waals surface area contributed by atoms with Crippen LogP contribution in [0.25, 0.3) is 0 Å². The molecule has 1 aromatic heterocycles. The van der Waals surface area contributed by atoms with E-state index in [0.717, 1.165) is 9.65 Å². The number of alkyl halides is 2. The van der Waals surface area contributed by atoms with Crippen LogP contribution >= 0.6 is 0 Å². The van der Waals surface area contributed by atoms with E-state index in [4.69, 9.17) is 0 Å². The lowest BCUT2D eigenvalue weighted by Gasteiger charge is -2.07. The third-order valence-electron chi connectivity index (χ3n) is 3.06. The van der Waals surface area contributed by atoms with E-state index in [-0.39, 0.29) is 10.6 Å². The van der Waals surface area contributed by atoms with Crippen molar-refractivity contribution in [2.24, 2.45) is 0 Å². The number of fused-ring (bicyclic) bond motifs is 1. The molecular formula is C12H11F2N3O3S. The molecule has 0 atom stereocenters. The fraction of sp³-hybridized carbons (Fsp3) is 0.250. The highest BCUT2D eigenvalue weighted by molar-refractivity contribution is 7.89. The van der Waals surface area contributed by atoms with Gasteiger partial charge in [-0.1, -0.05) is 0 Å². The van der Waals surface area contributed by atoms with Gasteiger partial charge < -0.3 is 10.1 Å². The largest absolute Gasteiger partial charge is 0.435 e. The Kier molecular flexibility index (Phi) is 3.38. The van der Waals surface area contributed by atoms with Crippen LogP contribution in [0.1, 0.15) is 11.3 Å². The van der Waals surface area contributed by atoms with Crippen LogP contribution in [0.2, 0.25) is 0 Å². The van der Waals surface area contributed by atoms with E-state index in [0.29, 0.717) is 18.8 Å². The second-order valence-corrected chi connectivity index (χ2v) is 6.23. The summed E-state index contributed by atoms with van der Waals surface area (Å²) in [6.07, 6.45) is 1.45. The van der Waals surface area contributed by atoms with Crippen molar-refractivity contribution in [3.8, 4) is 5.75 Å². The lowest BCUT2D eigenvalue weighted by molar-refractivity contribution is -0.0498. The number of nitrogens with one attached hydrogen (secondary N) is 1. The standard InChI is InChI=1S/C12H11F2N3O3S/c13-12(14)20-9-1-3-10(4-2-9)21(18,19)17-7-8-5-15-6-11(8)16-17/h1-4,7,12,15H,5-6H2. The first-order chi connectivity index (χ1) is 9.96. The van der Waals surface area contributed by atoms with Crippen molar-refractivity contribution in [1.82, 2.24) is 14.5 Å². The summed E-state index contributed by atoms with van der Waals surface area (Å²) in [6.45, 7) is -1.85. The van der Waals surface area contributed by atoms with Gasteiger partial charge in [-0.3, -0.25) is 0 Å². The zero-order valence-corrected chi connectivity index (χ0v) is 11.5. The normalized spacial score (nSPS) is 14.4. The molecule has 0 fully saturated rings. The molecule has 0 saturated heterocycles. The lowest BCUT2D eigenvalue weighted by Crippen LogP contribution is -2.15. The predicted octanol–water partition coefficient (Wildman–Crippen LogP) is 1.32. The minimum atomic E-state index is -3.83. The second-order valence-electron chi connectivity index (χ2n) is 4.43. The highest BCUT2D eigenvalue weighted by Gasteiger charge is 2.23. The molecule has 9 heteroatoms. The van der Waals surface area contributed by atoms with Crippen LogP contribution < -0.4 is 10.1 Å². The summed E-state index contributed by atoms with van der Waals surface area (Å²) < 4.78 is 53.9. The molecule has 0 aliphatic carbocycles. The third kappa shape index (κ3) is 2.61. The average Bonchev–Trinajstić information content (AvgIpc) is 2.99. The van der Waals surface area contributed by atoms with Crippen LogP contribution in [0.4, 0.5) is 8.78 Å². The minimum absolute atomic E-state index is 0.0433. The van der Waals surface area contributed by atoms with E-state index < -0.39 is 16.6 Å². The number of nitrogens with zero attached hydrogens (tertiary/aromatic N) is 2. The fourth-order valence-electron chi connectivity index (χ4n) is 2.06. The number of hydrogen-bond acceptors (Lipinski definition) is 5. The smallest absolute Gasteiger partial charge is 0.387 e. The van der Waals surface area contributed by atoms with Crippen molar-refractivity contribution in [3.05, 3.63) is 41.7 Å². The van der Waals surface area contributed by atoms with Gasteiger partial charge in [-0.2, -0.15) is 26.4 Å². The van der Waals surface area contributed by atoms with Gasteiger partial charge in [0.2, 0.25) is 0 Å². The summed E-state index contributed by atoms with van der Waals surface area (Å²) in [6, 6.07) is 4.77. The number of benzene rings is 1. The van der Waals surface area contributed by atoms with E-state index in [1.807, 2.05) is 0 Å². The fourth-order valence-corrected chi connectivity index (χ4v) is 3.22. The Morgan fingerprint density at radius 3 is 2.57 bits per heavy atom. The third-order valence-corrected chi connectivity index (χ3v) is 4.60. The molecule has 1 N–H and O–H groups in total.